The van der Waals surface area contributed by atoms with Gasteiger partial charge >= 0.3 is 11.9 Å². The van der Waals surface area contributed by atoms with Crippen LogP contribution in [0.5, 0.6) is 0 Å². The van der Waals surface area contributed by atoms with E-state index in [1.807, 2.05) is 0 Å². The third-order valence-electron chi connectivity index (χ3n) is 6.38. The topological polar surface area (TPSA) is 72.8 Å². The van der Waals surface area contributed by atoms with E-state index in [1.54, 1.807) is 0 Å². The van der Waals surface area contributed by atoms with Crippen molar-refractivity contribution in [1.82, 2.24) is 0 Å². The Morgan fingerprint density at radius 2 is 1.03 bits per heavy atom. The fourth-order valence-corrected chi connectivity index (χ4v) is 3.82. The van der Waals surface area contributed by atoms with Gasteiger partial charge in [-0.25, -0.2) is 0 Å². The molecule has 0 aliphatic rings. The molecule has 0 aliphatic heterocycles. The Morgan fingerprint density at radius 3 is 1.45 bits per heavy atom. The molecule has 0 amide bonds. The number of rotatable bonds is 24. The molecular weight excluding hydrogens is 416 g/mol. The van der Waals surface area contributed by atoms with Gasteiger partial charge in [-0.1, -0.05) is 117 Å². The summed E-state index contributed by atoms with van der Waals surface area (Å²) in [4.78, 5) is 23.5. The van der Waals surface area contributed by atoms with Crippen molar-refractivity contribution >= 4 is 11.9 Å². The maximum absolute atomic E-state index is 11.8. The van der Waals surface area contributed by atoms with E-state index >= 15 is 0 Å². The predicted molar refractivity (Wildman–Crippen MR) is 136 cm³/mol. The Labute approximate surface area is 204 Å². The van der Waals surface area contributed by atoms with E-state index in [-0.39, 0.29) is 25.2 Å². The van der Waals surface area contributed by atoms with Crippen molar-refractivity contribution in [3.05, 3.63) is 0 Å². The molecule has 0 fully saturated rings. The molecule has 196 valence electrons. The first kappa shape index (κ1) is 31.9. The molecule has 1 N–H and O–H groups in total. The Balaban J connectivity index is 3.45. The Hall–Kier alpha value is -1.10. The lowest BCUT2D eigenvalue weighted by atomic mass is 9.99. The predicted octanol–water partition coefficient (Wildman–Crippen LogP) is 7.52. The third kappa shape index (κ3) is 23.8. The third-order valence-corrected chi connectivity index (χ3v) is 6.38. The molecule has 0 bridgehead atoms. The number of carbonyl (C=O) groups excluding carboxylic acids is 2. The highest BCUT2D eigenvalue weighted by atomic mass is 16.6. The summed E-state index contributed by atoms with van der Waals surface area (Å²) >= 11 is 0. The molecule has 0 aromatic carbocycles. The van der Waals surface area contributed by atoms with Crippen LogP contribution in [0.15, 0.2) is 0 Å². The van der Waals surface area contributed by atoms with Gasteiger partial charge in [-0.15, -0.1) is 0 Å². The standard InChI is InChI=1S/C28H54O5/c1-4-6-7-8-11-15-18-21-27(30)32-23-26(29)24-33-28(31)22-19-16-13-10-9-12-14-17-20-25(3)5-2/h25-26,29H,4-24H2,1-3H3/t25?,26-/m1/s1. The first-order valence-corrected chi connectivity index (χ1v) is 14.0. The first-order chi connectivity index (χ1) is 16.0. The quantitative estimate of drug-likeness (QED) is 0.117. The Morgan fingerprint density at radius 1 is 0.636 bits per heavy atom. The highest BCUT2D eigenvalue weighted by Gasteiger charge is 2.12. The summed E-state index contributed by atoms with van der Waals surface area (Å²) < 4.78 is 10.2. The van der Waals surface area contributed by atoms with E-state index in [0.29, 0.717) is 12.8 Å². The first-order valence-electron chi connectivity index (χ1n) is 14.0. The van der Waals surface area contributed by atoms with Crippen LogP contribution in [-0.4, -0.2) is 36.4 Å². The summed E-state index contributed by atoms with van der Waals surface area (Å²) in [5, 5.41) is 9.86. The molecule has 0 rings (SSSR count). The van der Waals surface area contributed by atoms with Gasteiger partial charge in [0.05, 0.1) is 0 Å². The zero-order chi connectivity index (χ0) is 24.6. The van der Waals surface area contributed by atoms with Gasteiger partial charge < -0.3 is 14.6 Å². The van der Waals surface area contributed by atoms with Crippen LogP contribution in [0.25, 0.3) is 0 Å². The number of hydrogen-bond donors (Lipinski definition) is 1. The Kier molecular flexibility index (Phi) is 23.2. The summed E-state index contributed by atoms with van der Waals surface area (Å²) in [6, 6.07) is 0. The number of unbranched alkanes of at least 4 members (excludes halogenated alkanes) is 13. The molecule has 0 aromatic rings. The van der Waals surface area contributed by atoms with Gasteiger partial charge in [-0.2, -0.15) is 0 Å². The van der Waals surface area contributed by atoms with Crippen molar-refractivity contribution < 1.29 is 24.2 Å². The molecule has 0 radical (unpaired) electrons. The van der Waals surface area contributed by atoms with Gasteiger partial charge in [0.25, 0.3) is 0 Å². The lowest BCUT2D eigenvalue weighted by Gasteiger charge is -2.12. The number of esters is 2. The van der Waals surface area contributed by atoms with Crippen molar-refractivity contribution in [2.45, 2.75) is 149 Å². The van der Waals surface area contributed by atoms with E-state index in [9.17, 15) is 14.7 Å². The van der Waals surface area contributed by atoms with E-state index in [2.05, 4.69) is 20.8 Å². The van der Waals surface area contributed by atoms with Crippen molar-refractivity contribution in [3.8, 4) is 0 Å². The molecular formula is C28H54O5. The van der Waals surface area contributed by atoms with Crippen LogP contribution in [-0.2, 0) is 19.1 Å². The number of aliphatic hydroxyl groups excluding tert-OH is 1. The molecule has 2 atom stereocenters. The van der Waals surface area contributed by atoms with E-state index < -0.39 is 6.10 Å². The van der Waals surface area contributed by atoms with Gasteiger partial charge in [-0.05, 0) is 18.8 Å². The SMILES string of the molecule is CCCCCCCCCC(=O)OC[C@@H](O)COC(=O)CCCCCCCCCCC(C)CC. The van der Waals surface area contributed by atoms with Gasteiger partial charge in [0.15, 0.2) is 0 Å². The normalized spacial score (nSPS) is 13.0. The molecule has 5 heteroatoms. The van der Waals surface area contributed by atoms with Gasteiger partial charge in [0.1, 0.15) is 19.3 Å². The van der Waals surface area contributed by atoms with Gasteiger partial charge in [0, 0.05) is 12.8 Å². The van der Waals surface area contributed by atoms with Crippen LogP contribution in [0.2, 0.25) is 0 Å². The second-order valence-electron chi connectivity index (χ2n) is 9.77. The van der Waals surface area contributed by atoms with Crippen LogP contribution >= 0.6 is 0 Å². The summed E-state index contributed by atoms with van der Waals surface area (Å²) in [5.74, 6) is 0.290. The minimum absolute atomic E-state index is 0.111. The minimum atomic E-state index is -0.952. The summed E-state index contributed by atoms with van der Waals surface area (Å²) in [5.41, 5.74) is 0. The molecule has 0 saturated heterocycles. The molecule has 0 heterocycles. The van der Waals surface area contributed by atoms with Crippen molar-refractivity contribution in [2.75, 3.05) is 13.2 Å². The Bertz CT molecular complexity index is 452. The largest absolute Gasteiger partial charge is 0.463 e. The van der Waals surface area contributed by atoms with Crippen LogP contribution in [0, 0.1) is 5.92 Å². The van der Waals surface area contributed by atoms with Crippen molar-refractivity contribution in [1.29, 1.82) is 0 Å². The van der Waals surface area contributed by atoms with Crippen molar-refractivity contribution in [3.63, 3.8) is 0 Å². The molecule has 0 spiro atoms. The number of hydrogen-bond acceptors (Lipinski definition) is 5. The smallest absolute Gasteiger partial charge is 0.305 e. The molecule has 5 nitrogen and oxygen atoms in total. The van der Waals surface area contributed by atoms with Crippen LogP contribution in [0.1, 0.15) is 143 Å². The highest BCUT2D eigenvalue weighted by Crippen LogP contribution is 2.15. The number of ether oxygens (including phenoxy) is 2. The van der Waals surface area contributed by atoms with E-state index in [1.165, 1.54) is 70.6 Å². The molecule has 33 heavy (non-hydrogen) atoms. The fraction of sp³-hybridized carbons (Fsp3) is 0.929. The second kappa shape index (κ2) is 24.0. The average molecular weight is 471 g/mol. The lowest BCUT2D eigenvalue weighted by molar-refractivity contribution is -0.152. The highest BCUT2D eigenvalue weighted by molar-refractivity contribution is 5.69. The van der Waals surface area contributed by atoms with E-state index in [4.69, 9.17) is 9.47 Å². The van der Waals surface area contributed by atoms with Gasteiger partial charge in [0.2, 0.25) is 0 Å². The van der Waals surface area contributed by atoms with Crippen LogP contribution < -0.4 is 0 Å². The van der Waals surface area contributed by atoms with Crippen molar-refractivity contribution in [2.24, 2.45) is 5.92 Å². The molecule has 0 aromatic heterocycles. The monoisotopic (exact) mass is 470 g/mol. The van der Waals surface area contributed by atoms with Crippen LogP contribution in [0.3, 0.4) is 0 Å². The second-order valence-corrected chi connectivity index (χ2v) is 9.77. The maximum atomic E-state index is 11.8. The summed E-state index contributed by atoms with van der Waals surface area (Å²) in [6.07, 6.45) is 20.1. The van der Waals surface area contributed by atoms with Crippen LogP contribution in [0.4, 0.5) is 0 Å². The maximum Gasteiger partial charge on any atom is 0.305 e. The summed E-state index contributed by atoms with van der Waals surface area (Å²) in [7, 11) is 0. The minimum Gasteiger partial charge on any atom is -0.463 e. The fourth-order valence-electron chi connectivity index (χ4n) is 3.82. The average Bonchev–Trinajstić information content (AvgIpc) is 2.81. The van der Waals surface area contributed by atoms with Gasteiger partial charge in [-0.3, -0.25) is 9.59 Å². The molecule has 0 aliphatic carbocycles. The van der Waals surface area contributed by atoms with E-state index in [0.717, 1.165) is 44.4 Å². The molecule has 0 saturated carbocycles. The number of aliphatic hydroxyl groups is 1. The zero-order valence-corrected chi connectivity index (χ0v) is 22.1. The number of carbonyl (C=O) groups is 2. The summed E-state index contributed by atoms with van der Waals surface area (Å²) in [6.45, 7) is 6.57. The zero-order valence-electron chi connectivity index (χ0n) is 22.1. The molecule has 1 unspecified atom stereocenters. The lowest BCUT2D eigenvalue weighted by Crippen LogP contribution is -2.25.